The van der Waals surface area contributed by atoms with Gasteiger partial charge in [-0.15, -0.1) is 0 Å². The molecule has 0 aromatic heterocycles. The highest BCUT2D eigenvalue weighted by Gasteiger charge is 2.21. The monoisotopic (exact) mass is 261 g/mol. The molecule has 1 unspecified atom stereocenters. The highest BCUT2D eigenvalue weighted by Crippen LogP contribution is 2.26. The largest absolute Gasteiger partial charge is 0.370 e. The summed E-state index contributed by atoms with van der Waals surface area (Å²) in [5.41, 5.74) is 8.90. The van der Waals surface area contributed by atoms with E-state index in [-0.39, 0.29) is 0 Å². The van der Waals surface area contributed by atoms with Crippen molar-refractivity contribution >= 4 is 5.69 Å². The average Bonchev–Trinajstić information content (AvgIpc) is 2.47. The lowest BCUT2D eigenvalue weighted by atomic mass is 10.0. The van der Waals surface area contributed by atoms with Crippen molar-refractivity contribution in [3.8, 4) is 0 Å². The summed E-state index contributed by atoms with van der Waals surface area (Å²) in [5.74, 6) is 0. The third kappa shape index (κ3) is 3.28. The summed E-state index contributed by atoms with van der Waals surface area (Å²) >= 11 is 0. The molecule has 0 saturated heterocycles. The van der Waals surface area contributed by atoms with Gasteiger partial charge in [0.1, 0.15) is 0 Å². The van der Waals surface area contributed by atoms with Crippen LogP contribution < -0.4 is 10.6 Å². The molecule has 0 spiro atoms. The van der Waals surface area contributed by atoms with E-state index in [1.54, 1.807) is 0 Å². The first-order chi connectivity index (χ1) is 9.30. The number of aryl methyl sites for hydroxylation is 1. The van der Waals surface area contributed by atoms with E-state index in [1.807, 2.05) is 0 Å². The predicted octanol–water partition coefficient (Wildman–Crippen LogP) is 2.11. The Labute approximate surface area is 117 Å². The number of anilines is 1. The molecule has 106 valence electrons. The van der Waals surface area contributed by atoms with Crippen LogP contribution in [0.25, 0.3) is 0 Å². The third-order valence-corrected chi connectivity index (χ3v) is 4.24. The number of para-hydroxylation sites is 1. The number of hydrogen-bond donors (Lipinski definition) is 1. The molecule has 2 N–H and O–H groups in total. The fourth-order valence-corrected chi connectivity index (χ4v) is 3.13. The van der Waals surface area contributed by atoms with Gasteiger partial charge in [-0.05, 0) is 37.6 Å². The molecule has 3 nitrogen and oxygen atoms in total. The topological polar surface area (TPSA) is 32.5 Å². The molecule has 1 atom stereocenters. The molecule has 0 fully saturated rings. The minimum Gasteiger partial charge on any atom is -0.370 e. The third-order valence-electron chi connectivity index (χ3n) is 4.24. The van der Waals surface area contributed by atoms with Gasteiger partial charge in [0.15, 0.2) is 0 Å². The second kappa shape index (κ2) is 6.92. The summed E-state index contributed by atoms with van der Waals surface area (Å²) < 4.78 is 0. The van der Waals surface area contributed by atoms with Gasteiger partial charge in [0, 0.05) is 31.4 Å². The SMILES string of the molecule is CCN(CC)C(CN)CN1CCCc2ccccc21. The predicted molar refractivity (Wildman–Crippen MR) is 82.7 cm³/mol. The molecular formula is C16H27N3. The molecule has 19 heavy (non-hydrogen) atoms. The molecule has 1 heterocycles. The van der Waals surface area contributed by atoms with Crippen LogP contribution in [0, 0.1) is 0 Å². The molecule has 0 aliphatic carbocycles. The van der Waals surface area contributed by atoms with Gasteiger partial charge in [-0.3, -0.25) is 4.90 Å². The number of likely N-dealkylation sites (N-methyl/N-ethyl adjacent to an activating group) is 1. The van der Waals surface area contributed by atoms with Crippen LogP contribution in [0.15, 0.2) is 24.3 Å². The molecule has 1 aromatic rings. The van der Waals surface area contributed by atoms with Gasteiger partial charge >= 0.3 is 0 Å². The van der Waals surface area contributed by atoms with Gasteiger partial charge < -0.3 is 10.6 Å². The van der Waals surface area contributed by atoms with Crippen LogP contribution in [-0.2, 0) is 6.42 Å². The lowest BCUT2D eigenvalue weighted by molar-refractivity contribution is 0.223. The fraction of sp³-hybridized carbons (Fsp3) is 0.625. The zero-order valence-electron chi connectivity index (χ0n) is 12.3. The molecule has 1 aliphatic heterocycles. The normalized spacial score (nSPS) is 16.5. The summed E-state index contributed by atoms with van der Waals surface area (Å²) in [6, 6.07) is 9.26. The summed E-state index contributed by atoms with van der Waals surface area (Å²) in [4.78, 5) is 4.99. The van der Waals surface area contributed by atoms with Crippen molar-refractivity contribution in [1.82, 2.24) is 4.90 Å². The highest BCUT2D eigenvalue weighted by molar-refractivity contribution is 5.55. The Kier molecular flexibility index (Phi) is 5.23. The Morgan fingerprint density at radius 3 is 2.68 bits per heavy atom. The van der Waals surface area contributed by atoms with Crippen molar-refractivity contribution in [3.63, 3.8) is 0 Å². The summed E-state index contributed by atoms with van der Waals surface area (Å²) in [7, 11) is 0. The smallest absolute Gasteiger partial charge is 0.0399 e. The number of benzene rings is 1. The first kappa shape index (κ1) is 14.4. The van der Waals surface area contributed by atoms with Crippen LogP contribution >= 0.6 is 0 Å². The maximum absolute atomic E-state index is 5.99. The zero-order valence-corrected chi connectivity index (χ0v) is 12.3. The second-order valence-corrected chi connectivity index (χ2v) is 5.29. The van der Waals surface area contributed by atoms with E-state index >= 15 is 0 Å². The maximum atomic E-state index is 5.99. The lowest BCUT2D eigenvalue weighted by Crippen LogP contribution is -2.49. The first-order valence-electron chi connectivity index (χ1n) is 7.57. The van der Waals surface area contributed by atoms with Gasteiger partial charge in [0.05, 0.1) is 0 Å². The lowest BCUT2D eigenvalue weighted by Gasteiger charge is -2.37. The molecule has 1 aromatic carbocycles. The summed E-state index contributed by atoms with van der Waals surface area (Å²) in [6.07, 6.45) is 2.47. The summed E-state index contributed by atoms with van der Waals surface area (Å²) in [6.45, 7) is 9.54. The quantitative estimate of drug-likeness (QED) is 0.851. The minimum absolute atomic E-state index is 0.459. The van der Waals surface area contributed by atoms with Crippen molar-refractivity contribution in [1.29, 1.82) is 0 Å². The zero-order chi connectivity index (χ0) is 13.7. The highest BCUT2D eigenvalue weighted by atomic mass is 15.2. The van der Waals surface area contributed by atoms with Crippen molar-refractivity contribution in [2.45, 2.75) is 32.7 Å². The number of nitrogens with zero attached hydrogens (tertiary/aromatic N) is 2. The summed E-state index contributed by atoms with van der Waals surface area (Å²) in [5, 5.41) is 0. The molecular weight excluding hydrogens is 234 g/mol. The molecule has 0 amide bonds. The standard InChI is InChI=1S/C16H27N3/c1-3-18(4-2)15(12-17)13-19-11-7-9-14-8-5-6-10-16(14)19/h5-6,8,10,15H,3-4,7,9,11-13,17H2,1-2H3. The van der Waals surface area contributed by atoms with Crippen LogP contribution in [0.1, 0.15) is 25.8 Å². The van der Waals surface area contributed by atoms with Crippen molar-refractivity contribution in [2.24, 2.45) is 5.73 Å². The molecule has 0 bridgehead atoms. The fourth-order valence-electron chi connectivity index (χ4n) is 3.13. The average molecular weight is 261 g/mol. The van der Waals surface area contributed by atoms with Crippen LogP contribution in [0.3, 0.4) is 0 Å². The second-order valence-electron chi connectivity index (χ2n) is 5.29. The van der Waals surface area contributed by atoms with Crippen molar-refractivity contribution in [3.05, 3.63) is 29.8 Å². The van der Waals surface area contributed by atoms with Gasteiger partial charge in [0.25, 0.3) is 0 Å². The van der Waals surface area contributed by atoms with E-state index < -0.39 is 0 Å². The van der Waals surface area contributed by atoms with E-state index in [9.17, 15) is 0 Å². The van der Waals surface area contributed by atoms with Gasteiger partial charge in [0.2, 0.25) is 0 Å². The maximum Gasteiger partial charge on any atom is 0.0399 e. The Morgan fingerprint density at radius 2 is 2.00 bits per heavy atom. The van der Waals surface area contributed by atoms with Crippen LogP contribution in [0.5, 0.6) is 0 Å². The molecule has 3 heteroatoms. The Hall–Kier alpha value is -1.06. The van der Waals surface area contributed by atoms with Crippen molar-refractivity contribution < 1.29 is 0 Å². The molecule has 0 radical (unpaired) electrons. The Morgan fingerprint density at radius 1 is 1.26 bits per heavy atom. The van der Waals surface area contributed by atoms with E-state index in [4.69, 9.17) is 5.73 Å². The number of nitrogens with two attached hydrogens (primary N) is 1. The van der Waals surface area contributed by atoms with Crippen molar-refractivity contribution in [2.75, 3.05) is 37.6 Å². The van der Waals surface area contributed by atoms with Crippen LogP contribution in [0.4, 0.5) is 5.69 Å². The van der Waals surface area contributed by atoms with E-state index in [2.05, 4.69) is 47.9 Å². The molecule has 2 rings (SSSR count). The minimum atomic E-state index is 0.459. The van der Waals surface area contributed by atoms with E-state index in [0.717, 1.165) is 32.7 Å². The number of fused-ring (bicyclic) bond motifs is 1. The Balaban J connectivity index is 2.10. The van der Waals surface area contributed by atoms with Gasteiger partial charge in [-0.2, -0.15) is 0 Å². The van der Waals surface area contributed by atoms with E-state index in [0.29, 0.717) is 6.04 Å². The molecule has 0 saturated carbocycles. The van der Waals surface area contributed by atoms with E-state index in [1.165, 1.54) is 24.1 Å². The number of hydrogen-bond acceptors (Lipinski definition) is 3. The number of rotatable bonds is 6. The van der Waals surface area contributed by atoms with Crippen LogP contribution in [0.2, 0.25) is 0 Å². The van der Waals surface area contributed by atoms with Gasteiger partial charge in [-0.1, -0.05) is 32.0 Å². The van der Waals surface area contributed by atoms with Crippen LogP contribution in [-0.4, -0.2) is 43.7 Å². The first-order valence-corrected chi connectivity index (χ1v) is 7.57. The Bertz CT molecular complexity index is 387. The van der Waals surface area contributed by atoms with Gasteiger partial charge in [-0.25, -0.2) is 0 Å². The molecule has 1 aliphatic rings.